The van der Waals surface area contributed by atoms with E-state index in [1.807, 2.05) is 59.2 Å². The van der Waals surface area contributed by atoms with Crippen molar-refractivity contribution in [1.29, 1.82) is 0 Å². The maximum Gasteiger partial charge on any atom is 0.335 e. The van der Waals surface area contributed by atoms with Crippen LogP contribution >= 0.6 is 0 Å². The van der Waals surface area contributed by atoms with E-state index in [4.69, 9.17) is 20.4 Å². The van der Waals surface area contributed by atoms with Gasteiger partial charge in [0, 0.05) is 82.9 Å². The average Bonchev–Trinajstić information content (AvgIpc) is 1.61. The predicted octanol–water partition coefficient (Wildman–Crippen LogP) is 8.21. The Bertz CT molecular complexity index is 4180. The van der Waals surface area contributed by atoms with Crippen molar-refractivity contribution in [1.82, 2.24) is 5.32 Å². The molecule has 0 spiro atoms. The van der Waals surface area contributed by atoms with Gasteiger partial charge >= 0.3 is 11.9 Å². The van der Waals surface area contributed by atoms with Gasteiger partial charge in [0.15, 0.2) is 17.7 Å². The van der Waals surface area contributed by atoms with Gasteiger partial charge in [-0.2, -0.15) is 17.6 Å². The molecule has 1 fully saturated rings. The van der Waals surface area contributed by atoms with Gasteiger partial charge in [0.1, 0.15) is 30.3 Å². The van der Waals surface area contributed by atoms with E-state index in [-0.39, 0.29) is 74.0 Å². The molecule has 0 saturated carbocycles. The van der Waals surface area contributed by atoms with E-state index in [2.05, 4.69) is 104 Å². The van der Waals surface area contributed by atoms with Gasteiger partial charge < -0.3 is 45.7 Å². The number of carboxylic acids is 2. The van der Waals surface area contributed by atoms with Crippen molar-refractivity contribution >= 4 is 94.8 Å². The minimum absolute atomic E-state index is 0.0186. The number of aromatic carboxylic acids is 2. The number of para-hydroxylation sites is 3. The average molecular weight is 1340 g/mol. The summed E-state index contributed by atoms with van der Waals surface area (Å²) in [5.41, 5.74) is 14.7. The summed E-state index contributed by atoms with van der Waals surface area (Å²) < 4.78 is 94.2. The molecular weight excluding hydrogens is 1260 g/mol. The van der Waals surface area contributed by atoms with Crippen molar-refractivity contribution in [2.24, 2.45) is 4.99 Å². The Morgan fingerprint density at radius 2 is 1.13 bits per heavy atom. The van der Waals surface area contributed by atoms with Gasteiger partial charge in [-0.25, -0.2) is 26.4 Å². The van der Waals surface area contributed by atoms with Crippen LogP contribution in [0.4, 0.5) is 17.1 Å². The van der Waals surface area contributed by atoms with Gasteiger partial charge in [0.25, 0.3) is 16.0 Å². The Balaban J connectivity index is 0.000000221. The number of rotatable bonds is 16. The zero-order valence-corrected chi connectivity index (χ0v) is 55.5. The fourth-order valence-electron chi connectivity index (χ4n) is 10.2. The number of carbonyl (C=O) groups is 4. The Morgan fingerprint density at radius 3 is 1.62 bits per heavy atom. The smallest absolute Gasteiger partial charge is 0.335 e. The number of carbonyl (C=O) groups excluding carboxylic acids is 2. The summed E-state index contributed by atoms with van der Waals surface area (Å²) in [6.07, 6.45) is 5.23. The molecule has 498 valence electrons. The van der Waals surface area contributed by atoms with E-state index >= 15 is 0 Å². The van der Waals surface area contributed by atoms with E-state index in [0.717, 1.165) is 34.4 Å². The second-order valence-corrected chi connectivity index (χ2v) is 28.1. The molecular formula is C67H80N5O18S3+. The standard InChI is InChI=1S/C24H29N3O5S.C14H19NO3S.C11H13N.C8H6O4.C7H6O3.C3H6O3S/c1-24(2)19-6-3-4-7-20(19)27(14-5-15-33(30,31)32)22(24)11-9-17-16-18(8-10-21(17)28)23(29)26-13-12-25;1-11-14(2,3)12-7-4-5-8-13(12)15(11)9-6-10-19(16,17)18;1-8-11(2,3)9-6-4-5-7-10(9)12-8;9-4-6-3-5(8(11)12)1-2-7(6)10;8-6-3-1-5(2-4-6)7(9)10;4-7(5)3-1-2-6-7/h3-4,6-11,16H,5,12-15,25H2,1-2H3,(H2,26,29,30,31,32);4-5,7-8H,6,9-10H2,1-3H3;4-7H,1-3H3;1-4,10H,(H,11,12);1-4,8H,(H,9,10);1-3H2/p+1. The number of hydrogen-bond acceptors (Lipinski definition) is 17. The van der Waals surface area contributed by atoms with E-state index in [1.54, 1.807) is 18.2 Å². The summed E-state index contributed by atoms with van der Waals surface area (Å²) in [6, 6.07) is 37.9. The lowest BCUT2D eigenvalue weighted by Gasteiger charge is -2.19. The van der Waals surface area contributed by atoms with Gasteiger partial charge in [0.2, 0.25) is 11.4 Å². The lowest BCUT2D eigenvalue weighted by atomic mass is 9.81. The quantitative estimate of drug-likeness (QED) is 0.0208. The molecule has 4 aliphatic heterocycles. The van der Waals surface area contributed by atoms with E-state index in [9.17, 15) is 58.6 Å². The Hall–Kier alpha value is -8.76. The number of quaternary nitrogens is 1. The Kier molecular flexibility index (Phi) is 26.0. The van der Waals surface area contributed by atoms with Crippen LogP contribution in [-0.4, -0.2) is 160 Å². The topological polar surface area (TPSA) is 385 Å². The number of aromatic hydroxyl groups is 3. The number of benzene rings is 6. The number of phenolic OH excluding ortho intramolecular Hbond substituents is 3. The van der Waals surface area contributed by atoms with E-state index in [0.29, 0.717) is 63.0 Å². The van der Waals surface area contributed by atoms with Crippen LogP contribution in [0.15, 0.2) is 145 Å². The van der Waals surface area contributed by atoms with Gasteiger partial charge in [-0.3, -0.25) is 18.8 Å². The number of amides is 1. The minimum Gasteiger partial charge on any atom is -0.748 e. The molecule has 0 radical (unpaired) electrons. The first-order valence-corrected chi connectivity index (χ1v) is 34.2. The SMILES string of the molecule is CC1(C)C(/C=C/c2cc(C(=O)NCC[NH3+])ccc2O)=[N+](CCCS(=O)(=O)[O-])c2ccccc21.CC1=Nc2ccccc2C1(C)C.CC1=[N+](CCCS(=O)(=O)[O-])c2ccccc2C1(C)C.O=C(O)c1ccc(O)cc1.O=Cc1cc(C(=O)O)ccc1O.O=S1(=O)CCCO1. The number of hydrogen-bond donors (Lipinski definition) is 7. The molecule has 0 atom stereocenters. The third-order valence-corrected chi connectivity index (χ3v) is 18.7. The molecule has 6 aromatic rings. The molecule has 1 amide bonds. The summed E-state index contributed by atoms with van der Waals surface area (Å²) in [5, 5.41) is 47.7. The van der Waals surface area contributed by atoms with Crippen molar-refractivity contribution < 1.29 is 98.1 Å². The summed E-state index contributed by atoms with van der Waals surface area (Å²) in [6.45, 7) is 19.4. The van der Waals surface area contributed by atoms with Crippen LogP contribution in [0.5, 0.6) is 17.2 Å². The molecule has 0 aliphatic carbocycles. The third-order valence-electron chi connectivity index (χ3n) is 15.8. The van der Waals surface area contributed by atoms with Crippen LogP contribution < -0.4 is 11.1 Å². The maximum atomic E-state index is 12.3. The van der Waals surface area contributed by atoms with Gasteiger partial charge in [0.05, 0.1) is 78.9 Å². The molecule has 0 unspecified atom stereocenters. The van der Waals surface area contributed by atoms with Crippen molar-refractivity contribution in [3.63, 3.8) is 0 Å². The van der Waals surface area contributed by atoms with Crippen LogP contribution in [0.1, 0.15) is 138 Å². The number of nitrogens with zero attached hydrogens (tertiary/aromatic N) is 3. The monoisotopic (exact) mass is 1340 g/mol. The summed E-state index contributed by atoms with van der Waals surface area (Å²) in [4.78, 5) is 47.7. The number of phenols is 3. The van der Waals surface area contributed by atoms with Crippen LogP contribution in [0.25, 0.3) is 6.08 Å². The first-order valence-electron chi connectivity index (χ1n) is 29.4. The first kappa shape index (κ1) is 75.0. The molecule has 23 nitrogen and oxygen atoms in total. The second kappa shape index (κ2) is 32.2. The van der Waals surface area contributed by atoms with Crippen LogP contribution in [-0.2, 0) is 50.8 Å². The highest BCUT2D eigenvalue weighted by atomic mass is 32.2. The third kappa shape index (κ3) is 20.9. The van der Waals surface area contributed by atoms with Crippen molar-refractivity contribution in [2.75, 3.05) is 50.0 Å². The summed E-state index contributed by atoms with van der Waals surface area (Å²) >= 11 is 0. The van der Waals surface area contributed by atoms with Crippen molar-refractivity contribution in [2.45, 2.75) is 90.9 Å². The predicted molar refractivity (Wildman–Crippen MR) is 352 cm³/mol. The van der Waals surface area contributed by atoms with E-state index in [1.165, 1.54) is 65.0 Å². The Labute approximate surface area is 542 Å². The molecule has 0 aromatic heterocycles. The van der Waals surface area contributed by atoms with Gasteiger partial charge in [-0.15, -0.1) is 0 Å². The molecule has 0 bridgehead atoms. The van der Waals surface area contributed by atoms with Crippen LogP contribution in [0, 0.1) is 0 Å². The van der Waals surface area contributed by atoms with Gasteiger partial charge in [-0.05, 0) is 119 Å². The number of carboxylic acid groups (broad SMARTS) is 2. The normalized spacial score (nSPS) is 15.7. The lowest BCUT2D eigenvalue weighted by Crippen LogP contribution is -2.54. The molecule has 26 heteroatoms. The van der Waals surface area contributed by atoms with Crippen molar-refractivity contribution in [3.8, 4) is 17.2 Å². The Morgan fingerprint density at radius 1 is 0.645 bits per heavy atom. The largest absolute Gasteiger partial charge is 0.748 e. The summed E-state index contributed by atoms with van der Waals surface area (Å²) in [7, 11) is -11.5. The zero-order chi connectivity index (χ0) is 69.3. The lowest BCUT2D eigenvalue weighted by molar-refractivity contribution is -0.438. The number of aldehydes is 1. The summed E-state index contributed by atoms with van der Waals surface area (Å²) in [5.74, 6) is -2.99. The number of allylic oxidation sites excluding steroid dienone is 1. The number of fused-ring (bicyclic) bond motifs is 3. The first-order chi connectivity index (χ1) is 43.4. The van der Waals surface area contributed by atoms with E-state index < -0.39 is 48.0 Å². The number of aliphatic imine (C=N–C) groups is 1. The highest BCUT2D eigenvalue weighted by Gasteiger charge is 2.44. The maximum absolute atomic E-state index is 12.3. The molecule has 9 N–H and O–H groups in total. The highest BCUT2D eigenvalue weighted by Crippen LogP contribution is 2.42. The molecule has 4 heterocycles. The highest BCUT2D eigenvalue weighted by molar-refractivity contribution is 7.87. The minimum atomic E-state index is -4.30. The molecule has 10 rings (SSSR count). The molecule has 1 saturated heterocycles. The number of nitrogens with one attached hydrogen (secondary N) is 1. The second-order valence-electron chi connectivity index (χ2n) is 23.3. The zero-order valence-electron chi connectivity index (χ0n) is 53.0. The molecule has 93 heavy (non-hydrogen) atoms. The fraction of sp³-hybridized carbons (Fsp3) is 0.328. The fourth-order valence-corrected chi connectivity index (χ4v) is 12.1. The van der Waals surface area contributed by atoms with Crippen molar-refractivity contribution in [3.05, 3.63) is 184 Å². The molecule has 6 aromatic carbocycles. The van der Waals surface area contributed by atoms with Crippen LogP contribution in [0.3, 0.4) is 0 Å². The van der Waals surface area contributed by atoms with Gasteiger partial charge in [-0.1, -0.05) is 68.4 Å². The van der Waals surface area contributed by atoms with Crippen LogP contribution in [0.2, 0.25) is 0 Å². The molecule has 4 aliphatic rings.